The van der Waals surface area contributed by atoms with Crippen LogP contribution in [-0.2, 0) is 22.9 Å². The zero-order chi connectivity index (χ0) is 15.6. The highest BCUT2D eigenvalue weighted by atomic mass is 32.2. The summed E-state index contributed by atoms with van der Waals surface area (Å²) in [6.45, 7) is 1.83. The molecule has 0 unspecified atom stereocenters. The zero-order valence-electron chi connectivity index (χ0n) is 12.6. The number of aryl methyl sites for hydroxylation is 2. The van der Waals surface area contributed by atoms with E-state index in [0.717, 1.165) is 24.8 Å². The Balaban J connectivity index is 1.84. The average Bonchev–Trinajstić information content (AvgIpc) is 2.55. The number of hydrogen-bond donors (Lipinski definition) is 1. The van der Waals surface area contributed by atoms with Crippen molar-refractivity contribution < 1.29 is 8.42 Å². The minimum absolute atomic E-state index is 0.310. The van der Waals surface area contributed by atoms with Crippen molar-refractivity contribution in [1.82, 2.24) is 9.71 Å². The van der Waals surface area contributed by atoms with Gasteiger partial charge >= 0.3 is 0 Å². The second-order valence-electron chi connectivity index (χ2n) is 5.77. The van der Waals surface area contributed by atoms with Crippen LogP contribution >= 0.6 is 0 Å². The first kappa shape index (κ1) is 15.2. The molecule has 1 atom stereocenters. The fourth-order valence-electron chi connectivity index (χ4n) is 2.88. The Hall–Kier alpha value is -1.72. The van der Waals surface area contributed by atoms with Crippen molar-refractivity contribution in [2.75, 3.05) is 0 Å². The molecule has 1 aliphatic rings. The summed E-state index contributed by atoms with van der Waals surface area (Å²) in [7, 11) is -3.52. The van der Waals surface area contributed by atoms with Crippen molar-refractivity contribution in [2.24, 2.45) is 0 Å². The number of hydrogen-bond acceptors (Lipinski definition) is 3. The highest BCUT2D eigenvalue weighted by Gasteiger charge is 2.20. The Kier molecular flexibility index (Phi) is 4.27. The lowest BCUT2D eigenvalue weighted by atomic mass is 9.92. The van der Waals surface area contributed by atoms with Gasteiger partial charge in [0.2, 0.25) is 10.0 Å². The highest BCUT2D eigenvalue weighted by molar-refractivity contribution is 7.89. The highest BCUT2D eigenvalue weighted by Crippen LogP contribution is 2.25. The van der Waals surface area contributed by atoms with Crippen molar-refractivity contribution in [3.05, 3.63) is 59.4 Å². The standard InChI is InChI=1S/C17H20N2O2S/c1-13(16-7-4-10-18-12-16)19-22(20,21)17-9-8-14-5-2-3-6-15(14)11-17/h4,7-13,19H,2-3,5-6H2,1H3/t13-/m0/s1. The minimum atomic E-state index is -3.52. The smallest absolute Gasteiger partial charge is 0.241 e. The minimum Gasteiger partial charge on any atom is -0.264 e. The summed E-state index contributed by atoms with van der Waals surface area (Å²) in [6.07, 6.45) is 7.70. The lowest BCUT2D eigenvalue weighted by Crippen LogP contribution is -2.27. The van der Waals surface area contributed by atoms with E-state index in [4.69, 9.17) is 0 Å². The number of nitrogens with zero attached hydrogens (tertiary/aromatic N) is 1. The molecule has 1 heterocycles. The SMILES string of the molecule is C[C@H](NS(=O)(=O)c1ccc2c(c1)CCCC2)c1cccnc1. The largest absolute Gasteiger partial charge is 0.264 e. The third-order valence-corrected chi connectivity index (χ3v) is 5.68. The number of aromatic nitrogens is 1. The summed E-state index contributed by atoms with van der Waals surface area (Å²) in [6, 6.07) is 8.86. The molecule has 1 N–H and O–H groups in total. The van der Waals surface area contributed by atoms with Crippen LogP contribution in [0.15, 0.2) is 47.6 Å². The summed E-state index contributed by atoms with van der Waals surface area (Å²) < 4.78 is 27.9. The van der Waals surface area contributed by atoms with Crippen LogP contribution in [-0.4, -0.2) is 13.4 Å². The van der Waals surface area contributed by atoms with Gasteiger partial charge in [0.05, 0.1) is 4.90 Å². The molecule has 0 radical (unpaired) electrons. The molecule has 0 spiro atoms. The van der Waals surface area contributed by atoms with Crippen LogP contribution in [0.3, 0.4) is 0 Å². The van der Waals surface area contributed by atoms with Gasteiger partial charge in [-0.05, 0) is 67.5 Å². The number of sulfonamides is 1. The van der Waals surface area contributed by atoms with Crippen molar-refractivity contribution in [2.45, 2.75) is 43.5 Å². The topological polar surface area (TPSA) is 59.1 Å². The molecular formula is C17H20N2O2S. The normalized spacial score (nSPS) is 16.0. The lowest BCUT2D eigenvalue weighted by Gasteiger charge is -2.18. The monoisotopic (exact) mass is 316 g/mol. The number of pyridine rings is 1. The van der Waals surface area contributed by atoms with Gasteiger partial charge in [-0.2, -0.15) is 0 Å². The fourth-order valence-corrected chi connectivity index (χ4v) is 4.16. The molecule has 1 aliphatic carbocycles. The first-order chi connectivity index (χ1) is 10.6. The predicted octanol–water partition coefficient (Wildman–Crippen LogP) is 3.00. The van der Waals surface area contributed by atoms with Gasteiger partial charge < -0.3 is 0 Å². The predicted molar refractivity (Wildman–Crippen MR) is 86.1 cm³/mol. The molecule has 0 saturated carbocycles. The van der Waals surface area contributed by atoms with Gasteiger partial charge in [-0.15, -0.1) is 0 Å². The van der Waals surface area contributed by atoms with E-state index in [1.165, 1.54) is 17.5 Å². The third kappa shape index (κ3) is 3.20. The first-order valence-corrected chi connectivity index (χ1v) is 9.09. The van der Waals surface area contributed by atoms with Crippen LogP contribution in [0.5, 0.6) is 0 Å². The molecule has 0 saturated heterocycles. The number of nitrogens with one attached hydrogen (secondary N) is 1. The molecule has 116 valence electrons. The van der Waals surface area contributed by atoms with E-state index in [0.29, 0.717) is 4.90 Å². The van der Waals surface area contributed by atoms with Crippen molar-refractivity contribution >= 4 is 10.0 Å². The Bertz CT molecular complexity index is 757. The van der Waals surface area contributed by atoms with Gasteiger partial charge in [0.25, 0.3) is 0 Å². The lowest BCUT2D eigenvalue weighted by molar-refractivity contribution is 0.566. The number of fused-ring (bicyclic) bond motifs is 1. The van der Waals surface area contributed by atoms with Gasteiger partial charge in [-0.3, -0.25) is 4.98 Å². The van der Waals surface area contributed by atoms with Crippen LogP contribution in [0.2, 0.25) is 0 Å². The van der Waals surface area contributed by atoms with Crippen LogP contribution in [0.25, 0.3) is 0 Å². The fraction of sp³-hybridized carbons (Fsp3) is 0.353. The van der Waals surface area contributed by atoms with E-state index < -0.39 is 10.0 Å². The van der Waals surface area contributed by atoms with E-state index >= 15 is 0 Å². The van der Waals surface area contributed by atoms with E-state index in [1.54, 1.807) is 24.5 Å². The summed E-state index contributed by atoms with van der Waals surface area (Å²) in [5.41, 5.74) is 3.30. The van der Waals surface area contributed by atoms with E-state index in [9.17, 15) is 8.42 Å². The van der Waals surface area contributed by atoms with Crippen LogP contribution in [0.4, 0.5) is 0 Å². The van der Waals surface area contributed by atoms with Crippen molar-refractivity contribution in [3.8, 4) is 0 Å². The molecular weight excluding hydrogens is 296 g/mol. The molecule has 1 aromatic heterocycles. The second-order valence-corrected chi connectivity index (χ2v) is 7.48. The Labute approximate surface area is 131 Å². The maximum atomic E-state index is 12.6. The van der Waals surface area contributed by atoms with Crippen molar-refractivity contribution in [3.63, 3.8) is 0 Å². The maximum absolute atomic E-state index is 12.6. The Morgan fingerprint density at radius 2 is 1.91 bits per heavy atom. The molecule has 4 nitrogen and oxygen atoms in total. The Morgan fingerprint density at radius 1 is 1.14 bits per heavy atom. The van der Waals surface area contributed by atoms with Gasteiger partial charge in [0.15, 0.2) is 0 Å². The van der Waals surface area contributed by atoms with E-state index in [2.05, 4.69) is 9.71 Å². The molecule has 1 aromatic carbocycles. The maximum Gasteiger partial charge on any atom is 0.241 e. The van der Waals surface area contributed by atoms with E-state index in [1.807, 2.05) is 25.1 Å². The van der Waals surface area contributed by atoms with Crippen LogP contribution in [0, 0.1) is 0 Å². The molecule has 3 rings (SSSR count). The second kappa shape index (κ2) is 6.18. The van der Waals surface area contributed by atoms with Crippen LogP contribution < -0.4 is 4.72 Å². The summed E-state index contributed by atoms with van der Waals surface area (Å²) in [4.78, 5) is 4.38. The molecule has 0 aliphatic heterocycles. The van der Waals surface area contributed by atoms with Gasteiger partial charge in [0.1, 0.15) is 0 Å². The van der Waals surface area contributed by atoms with E-state index in [-0.39, 0.29) is 6.04 Å². The molecule has 22 heavy (non-hydrogen) atoms. The third-order valence-electron chi connectivity index (χ3n) is 4.15. The summed E-state index contributed by atoms with van der Waals surface area (Å²) in [5.74, 6) is 0. The Morgan fingerprint density at radius 3 is 2.64 bits per heavy atom. The van der Waals surface area contributed by atoms with Gasteiger partial charge in [-0.25, -0.2) is 13.1 Å². The number of benzene rings is 1. The van der Waals surface area contributed by atoms with Gasteiger partial charge in [-0.1, -0.05) is 12.1 Å². The number of rotatable bonds is 4. The summed E-state index contributed by atoms with van der Waals surface area (Å²) in [5, 5.41) is 0. The average molecular weight is 316 g/mol. The van der Waals surface area contributed by atoms with Gasteiger partial charge in [0, 0.05) is 18.4 Å². The molecule has 2 aromatic rings. The first-order valence-electron chi connectivity index (χ1n) is 7.60. The molecule has 0 fully saturated rings. The molecule has 0 bridgehead atoms. The molecule has 5 heteroatoms. The van der Waals surface area contributed by atoms with Crippen molar-refractivity contribution in [1.29, 1.82) is 0 Å². The zero-order valence-corrected chi connectivity index (χ0v) is 13.4. The quantitative estimate of drug-likeness (QED) is 0.943. The molecule has 0 amide bonds. The summed E-state index contributed by atoms with van der Waals surface area (Å²) >= 11 is 0. The van der Waals surface area contributed by atoms with Crippen LogP contribution in [0.1, 0.15) is 42.5 Å².